The number of hydrogen-bond acceptors (Lipinski definition) is 5. The number of anilines is 1. The van der Waals surface area contributed by atoms with Crippen LogP contribution in [0.25, 0.3) is 0 Å². The third-order valence-corrected chi connectivity index (χ3v) is 3.51. The van der Waals surface area contributed by atoms with E-state index in [1.807, 2.05) is 19.9 Å². The number of nitrogen functional groups attached to an aromatic ring is 1. The Morgan fingerprint density at radius 3 is 2.82 bits per heavy atom. The molecule has 3 N–H and O–H groups in total. The summed E-state index contributed by atoms with van der Waals surface area (Å²) in [5.41, 5.74) is 7.29. The molecule has 1 heterocycles. The van der Waals surface area contributed by atoms with E-state index in [9.17, 15) is 4.79 Å². The fourth-order valence-corrected chi connectivity index (χ4v) is 2.09. The first kappa shape index (κ1) is 16.6. The van der Waals surface area contributed by atoms with Gasteiger partial charge in [0.25, 0.3) is 5.91 Å². The Labute approximate surface area is 130 Å². The quantitative estimate of drug-likeness (QED) is 0.785. The van der Waals surface area contributed by atoms with Crippen LogP contribution in [0.5, 0.6) is 5.75 Å². The minimum absolute atomic E-state index is 0.0513. The molecule has 1 aliphatic rings. The zero-order valence-corrected chi connectivity index (χ0v) is 13.1. The van der Waals surface area contributed by atoms with E-state index in [-0.39, 0.29) is 24.8 Å². The van der Waals surface area contributed by atoms with Gasteiger partial charge in [0.15, 0.2) is 12.9 Å². The van der Waals surface area contributed by atoms with Crippen molar-refractivity contribution in [2.75, 3.05) is 25.6 Å². The summed E-state index contributed by atoms with van der Waals surface area (Å²) >= 11 is 0. The van der Waals surface area contributed by atoms with Crippen molar-refractivity contribution < 1.29 is 19.0 Å². The first-order valence-corrected chi connectivity index (χ1v) is 7.65. The van der Waals surface area contributed by atoms with Gasteiger partial charge < -0.3 is 25.3 Å². The summed E-state index contributed by atoms with van der Waals surface area (Å²) in [6.07, 6.45) is 1.40. The molecule has 1 atom stereocenters. The Morgan fingerprint density at radius 2 is 2.18 bits per heavy atom. The standard InChI is InChI=1S/C16H24N2O4/c1-3-11(2)18-15(19)10-22-14-6-5-12(9-13(14)17)16-20-7-4-8-21-16/h5-6,9,11,16H,3-4,7-8,10,17H2,1-2H3,(H,18,19). The average molecular weight is 308 g/mol. The van der Waals surface area contributed by atoms with E-state index >= 15 is 0 Å². The first-order chi connectivity index (χ1) is 10.6. The molecule has 6 heteroatoms. The molecule has 1 aromatic rings. The minimum atomic E-state index is -0.376. The summed E-state index contributed by atoms with van der Waals surface area (Å²) < 4.78 is 16.5. The van der Waals surface area contributed by atoms with Crippen LogP contribution < -0.4 is 15.8 Å². The van der Waals surface area contributed by atoms with Crippen molar-refractivity contribution in [3.05, 3.63) is 23.8 Å². The Hall–Kier alpha value is -1.79. The van der Waals surface area contributed by atoms with Gasteiger partial charge in [0.1, 0.15) is 5.75 Å². The third kappa shape index (κ3) is 4.61. The average Bonchev–Trinajstić information content (AvgIpc) is 2.54. The van der Waals surface area contributed by atoms with Crippen LogP contribution >= 0.6 is 0 Å². The smallest absolute Gasteiger partial charge is 0.258 e. The summed E-state index contributed by atoms with van der Waals surface area (Å²) in [7, 11) is 0. The van der Waals surface area contributed by atoms with Crippen LogP contribution in [0.4, 0.5) is 5.69 Å². The lowest BCUT2D eigenvalue weighted by Crippen LogP contribution is -2.35. The predicted octanol–water partition coefficient (Wildman–Crippen LogP) is 2.00. The van der Waals surface area contributed by atoms with Crippen LogP contribution in [0.2, 0.25) is 0 Å². The molecule has 1 amide bonds. The second kappa shape index (κ2) is 8.00. The number of rotatable bonds is 6. The van der Waals surface area contributed by atoms with Crippen molar-refractivity contribution in [1.29, 1.82) is 0 Å². The topological polar surface area (TPSA) is 82.8 Å². The van der Waals surface area contributed by atoms with Crippen molar-refractivity contribution in [2.45, 2.75) is 39.0 Å². The first-order valence-electron chi connectivity index (χ1n) is 7.65. The van der Waals surface area contributed by atoms with Gasteiger partial charge in [-0.25, -0.2) is 0 Å². The molecule has 0 aromatic heterocycles. The van der Waals surface area contributed by atoms with Gasteiger partial charge in [0, 0.05) is 11.6 Å². The van der Waals surface area contributed by atoms with Gasteiger partial charge in [0.2, 0.25) is 0 Å². The summed E-state index contributed by atoms with van der Waals surface area (Å²) in [6.45, 7) is 5.27. The van der Waals surface area contributed by atoms with Gasteiger partial charge in [-0.2, -0.15) is 0 Å². The van der Waals surface area contributed by atoms with Crippen LogP contribution in [0.3, 0.4) is 0 Å². The fourth-order valence-electron chi connectivity index (χ4n) is 2.09. The zero-order valence-electron chi connectivity index (χ0n) is 13.1. The second-order valence-electron chi connectivity index (χ2n) is 5.39. The van der Waals surface area contributed by atoms with E-state index in [1.165, 1.54) is 0 Å². The molecule has 22 heavy (non-hydrogen) atoms. The molecule has 0 saturated carbocycles. The van der Waals surface area contributed by atoms with Crippen molar-refractivity contribution >= 4 is 11.6 Å². The van der Waals surface area contributed by atoms with E-state index in [1.54, 1.807) is 12.1 Å². The predicted molar refractivity (Wildman–Crippen MR) is 83.5 cm³/mol. The molecule has 0 spiro atoms. The molecule has 1 saturated heterocycles. The lowest BCUT2D eigenvalue weighted by Gasteiger charge is -2.24. The van der Waals surface area contributed by atoms with E-state index in [4.69, 9.17) is 19.9 Å². The SMILES string of the molecule is CCC(C)NC(=O)COc1ccc(C2OCCCO2)cc1N. The highest BCUT2D eigenvalue weighted by molar-refractivity contribution is 5.78. The van der Waals surface area contributed by atoms with Gasteiger partial charge in [-0.05, 0) is 31.9 Å². The molecule has 6 nitrogen and oxygen atoms in total. The molecule has 2 rings (SSSR count). The summed E-state index contributed by atoms with van der Waals surface area (Å²) in [4.78, 5) is 11.7. The fraction of sp³-hybridized carbons (Fsp3) is 0.562. The lowest BCUT2D eigenvalue weighted by molar-refractivity contribution is -0.183. The maximum atomic E-state index is 11.7. The summed E-state index contributed by atoms with van der Waals surface area (Å²) in [5, 5.41) is 2.84. The van der Waals surface area contributed by atoms with E-state index in [0.717, 1.165) is 18.4 Å². The van der Waals surface area contributed by atoms with Crippen LogP contribution in [0.1, 0.15) is 38.5 Å². The van der Waals surface area contributed by atoms with Crippen molar-refractivity contribution in [2.24, 2.45) is 0 Å². The third-order valence-electron chi connectivity index (χ3n) is 3.51. The molecule has 1 aromatic carbocycles. The highest BCUT2D eigenvalue weighted by atomic mass is 16.7. The monoisotopic (exact) mass is 308 g/mol. The van der Waals surface area contributed by atoms with Gasteiger partial charge >= 0.3 is 0 Å². The molecular formula is C16H24N2O4. The number of nitrogens with two attached hydrogens (primary N) is 1. The molecule has 1 aliphatic heterocycles. The highest BCUT2D eigenvalue weighted by Gasteiger charge is 2.18. The Morgan fingerprint density at radius 1 is 1.45 bits per heavy atom. The molecule has 0 aliphatic carbocycles. The van der Waals surface area contributed by atoms with Crippen LogP contribution in [-0.2, 0) is 14.3 Å². The Balaban J connectivity index is 1.90. The number of carbonyl (C=O) groups excluding carboxylic acids is 1. The zero-order chi connectivity index (χ0) is 15.9. The van der Waals surface area contributed by atoms with Gasteiger partial charge in [0.05, 0.1) is 18.9 Å². The van der Waals surface area contributed by atoms with Crippen molar-refractivity contribution in [1.82, 2.24) is 5.32 Å². The summed E-state index contributed by atoms with van der Waals surface area (Å²) in [5.74, 6) is 0.329. The number of ether oxygens (including phenoxy) is 3. The Bertz CT molecular complexity index is 501. The molecule has 0 bridgehead atoms. The molecule has 0 radical (unpaired) electrons. The van der Waals surface area contributed by atoms with Crippen LogP contribution in [0, 0.1) is 0 Å². The van der Waals surface area contributed by atoms with Crippen LogP contribution in [-0.4, -0.2) is 31.8 Å². The maximum Gasteiger partial charge on any atom is 0.258 e. The minimum Gasteiger partial charge on any atom is -0.482 e. The van der Waals surface area contributed by atoms with E-state index in [2.05, 4.69) is 5.32 Å². The number of hydrogen-bond donors (Lipinski definition) is 2. The number of carbonyl (C=O) groups is 1. The van der Waals surface area contributed by atoms with E-state index in [0.29, 0.717) is 24.7 Å². The van der Waals surface area contributed by atoms with Gasteiger partial charge in [-0.1, -0.05) is 13.0 Å². The number of amides is 1. The summed E-state index contributed by atoms with van der Waals surface area (Å²) in [6, 6.07) is 5.48. The lowest BCUT2D eigenvalue weighted by atomic mass is 10.1. The molecule has 1 fully saturated rings. The van der Waals surface area contributed by atoms with Gasteiger partial charge in [-0.3, -0.25) is 4.79 Å². The van der Waals surface area contributed by atoms with Crippen molar-refractivity contribution in [3.8, 4) is 5.75 Å². The number of nitrogens with one attached hydrogen (secondary N) is 1. The van der Waals surface area contributed by atoms with E-state index < -0.39 is 0 Å². The Kier molecular flexibility index (Phi) is 6.03. The maximum absolute atomic E-state index is 11.7. The van der Waals surface area contributed by atoms with Crippen molar-refractivity contribution in [3.63, 3.8) is 0 Å². The normalized spacial score (nSPS) is 17.0. The number of benzene rings is 1. The molecular weight excluding hydrogens is 284 g/mol. The van der Waals surface area contributed by atoms with Gasteiger partial charge in [-0.15, -0.1) is 0 Å². The molecule has 122 valence electrons. The highest BCUT2D eigenvalue weighted by Crippen LogP contribution is 2.29. The van der Waals surface area contributed by atoms with Crippen LogP contribution in [0.15, 0.2) is 18.2 Å². The second-order valence-corrected chi connectivity index (χ2v) is 5.39. The largest absolute Gasteiger partial charge is 0.482 e. The molecule has 1 unspecified atom stereocenters.